The highest BCUT2D eigenvalue weighted by atomic mass is 16.2. The zero-order chi connectivity index (χ0) is 101. The maximum absolute atomic E-state index is 13.4. The van der Waals surface area contributed by atoms with Crippen molar-refractivity contribution in [3.8, 4) is 0 Å². The minimum Gasteiger partial charge on any atom is -0.368 e. The number of amides is 14. The maximum atomic E-state index is 13.4. The quantitative estimate of drug-likeness (QED) is 0.0252. The van der Waals surface area contributed by atoms with Crippen LogP contribution in [-0.4, -0.2) is 210 Å². The van der Waals surface area contributed by atoms with Crippen LogP contribution in [0, 0.1) is 0 Å². The molecule has 0 spiro atoms. The monoisotopic (exact) mass is 1940 g/mol. The highest BCUT2D eigenvalue weighted by Crippen LogP contribution is 2.18. The van der Waals surface area contributed by atoms with Crippen molar-refractivity contribution < 1.29 is 67.1 Å². The van der Waals surface area contributed by atoms with Crippen molar-refractivity contribution in [2.75, 3.05) is 85.1 Å². The summed E-state index contributed by atoms with van der Waals surface area (Å²) < 4.78 is 0. The number of carbonyl (C=O) groups excluding carboxylic acids is 14. The summed E-state index contributed by atoms with van der Waals surface area (Å²) in [6, 6.07) is -4.55. The lowest BCUT2D eigenvalue weighted by molar-refractivity contribution is -0.129. The van der Waals surface area contributed by atoms with Gasteiger partial charge >= 0.3 is 0 Å². The zero-order valence-electron chi connectivity index (χ0n) is 85.4. The summed E-state index contributed by atoms with van der Waals surface area (Å²) in [6.07, 6.45) is 50.1. The summed E-state index contributed by atoms with van der Waals surface area (Å²) in [5, 5.41) is 38.5. The van der Waals surface area contributed by atoms with Gasteiger partial charge in [0.15, 0.2) is 0 Å². The summed E-state index contributed by atoms with van der Waals surface area (Å²) in [7, 11) is 0. The molecule has 0 saturated heterocycles. The molecule has 14 amide bonds. The van der Waals surface area contributed by atoms with Crippen molar-refractivity contribution >= 4 is 82.7 Å². The number of unbranched alkanes of at least 4 members (excludes halogenated alkanes) is 39. The van der Waals surface area contributed by atoms with E-state index < -0.39 is 48.2 Å². The summed E-state index contributed by atoms with van der Waals surface area (Å²) in [4.78, 5) is 182. The molecule has 0 rings (SSSR count). The largest absolute Gasteiger partial charge is 0.368 e. The molecule has 0 aliphatic heterocycles. The van der Waals surface area contributed by atoms with Gasteiger partial charge < -0.3 is 115 Å². The van der Waals surface area contributed by atoms with E-state index in [9.17, 15) is 67.1 Å². The highest BCUT2D eigenvalue weighted by Gasteiger charge is 2.27. The van der Waals surface area contributed by atoms with Crippen molar-refractivity contribution in [1.29, 1.82) is 0 Å². The SMILES string of the molecule is CCCCCCCCCCCC(=O)NC(CCCCN)C(=O)NCCCCCCCC(=O)NC(CCCCN)C(=O)NCCCCCCCC(=O)NC(CCCCN)C(=O)NCCCCCCCC(=O)NC(CCCCN)C(=O)NCCCCCCCC(=O)NC(CCCCN)C(=O)NCCCCCCCC(=O)NC(CCCCN)C(=O)NCCCCCCCC(=O)NC(CCCCN)C(N)=O. The third kappa shape index (κ3) is 79.6. The van der Waals surface area contributed by atoms with Crippen molar-refractivity contribution in [3.63, 3.8) is 0 Å². The van der Waals surface area contributed by atoms with E-state index in [1.54, 1.807) is 0 Å². The van der Waals surface area contributed by atoms with E-state index in [4.69, 9.17) is 45.9 Å². The van der Waals surface area contributed by atoms with Crippen LogP contribution < -0.4 is 115 Å². The van der Waals surface area contributed by atoms with E-state index in [1.165, 1.54) is 38.5 Å². The lowest BCUT2D eigenvalue weighted by Gasteiger charge is -2.19. The van der Waals surface area contributed by atoms with Crippen LogP contribution in [0.4, 0.5) is 0 Å². The number of carbonyl (C=O) groups is 14. The third-order valence-corrected chi connectivity index (χ3v) is 25.0. The van der Waals surface area contributed by atoms with Gasteiger partial charge in [-0.15, -0.1) is 0 Å². The molecule has 0 bridgehead atoms. The molecule has 0 heterocycles. The fourth-order valence-corrected chi connectivity index (χ4v) is 16.5. The smallest absolute Gasteiger partial charge is 0.242 e. The first kappa shape index (κ1) is 129. The van der Waals surface area contributed by atoms with Crippen LogP contribution in [0.1, 0.15) is 437 Å². The van der Waals surface area contributed by atoms with E-state index in [0.29, 0.717) is 233 Å². The maximum Gasteiger partial charge on any atom is 0.242 e. The van der Waals surface area contributed by atoms with Gasteiger partial charge in [0, 0.05) is 84.2 Å². The molecular formula is C102H199N21O14. The Hall–Kier alpha value is -7.70. The summed E-state index contributed by atoms with van der Waals surface area (Å²) in [5.41, 5.74) is 45.5. The number of hydrogen-bond donors (Lipinski definition) is 21. The lowest BCUT2D eigenvalue weighted by Crippen LogP contribution is -2.47. The Bertz CT molecular complexity index is 3060. The van der Waals surface area contributed by atoms with Crippen LogP contribution in [0.5, 0.6) is 0 Å². The molecule has 0 aromatic carbocycles. The first-order valence-electron chi connectivity index (χ1n) is 54.5. The minimum absolute atomic E-state index is 0.0754. The Balaban J connectivity index is 4.66. The lowest BCUT2D eigenvalue weighted by atomic mass is 10.1. The molecule has 0 aromatic rings. The Morgan fingerprint density at radius 2 is 0.299 bits per heavy atom. The molecule has 0 aliphatic carbocycles. The molecule has 0 aromatic heterocycles. The fraction of sp³-hybridized carbons (Fsp3) is 0.863. The topological polar surface area (TPSA) is 604 Å². The predicted molar refractivity (Wildman–Crippen MR) is 549 cm³/mol. The van der Waals surface area contributed by atoms with E-state index in [2.05, 4.69) is 76.0 Å². The molecule has 29 N–H and O–H groups in total. The van der Waals surface area contributed by atoms with Crippen molar-refractivity contribution in [2.24, 2.45) is 45.9 Å². The van der Waals surface area contributed by atoms with Gasteiger partial charge in [-0.25, -0.2) is 0 Å². The number of nitrogens with two attached hydrogens (primary N) is 8. The average molecular weight is 1940 g/mol. The molecular weight excluding hydrogens is 1740 g/mol. The predicted octanol–water partition coefficient (Wildman–Crippen LogP) is 9.43. The molecule has 0 aliphatic rings. The minimum atomic E-state index is -0.685. The average Bonchev–Trinajstić information content (AvgIpc) is 0.927. The standard InChI is InChI=1S/C102H199N21O14/c1-2-3-4-5-6-7-8-15-28-63-90(125)118-83(56-36-43-70-104)97(132)112-77-50-23-10-17-30-65-92(127)120-85(58-38-45-72-106)99(134)114-79-52-25-12-19-32-67-94(129)122-87(60-40-47-74-108)101(136)116-81-54-27-14-21-34-68-95(130)123-88(61-41-48-75-109)102(137)115-80-53-26-13-20-33-66-93(128)121-86(59-39-46-73-107)100(135)113-78-51-24-11-18-31-64-91(126)119-84(57-37-44-71-105)98(133)111-76-49-22-9-16-29-62-89(124)117-82(96(110)131)55-35-42-69-103/h82-88H,2-81,103-109H2,1H3,(H2,110,131)(H,111,133)(H,112,132)(H,113,135)(H,114,134)(H,115,137)(H,116,136)(H,117,124)(H,118,125)(H,119,126)(H,120,127)(H,121,128)(H,122,129)(H,123,130). The van der Waals surface area contributed by atoms with Crippen LogP contribution in [0.15, 0.2) is 0 Å². The first-order valence-corrected chi connectivity index (χ1v) is 54.5. The summed E-state index contributed by atoms with van der Waals surface area (Å²) in [5.74, 6) is -2.96. The molecule has 137 heavy (non-hydrogen) atoms. The first-order chi connectivity index (χ1) is 66.5. The number of rotatable bonds is 100. The van der Waals surface area contributed by atoms with Gasteiger partial charge in [0.05, 0.1) is 0 Å². The van der Waals surface area contributed by atoms with E-state index in [1.807, 2.05) is 0 Å². The number of primary amides is 1. The van der Waals surface area contributed by atoms with E-state index >= 15 is 0 Å². The van der Waals surface area contributed by atoms with Gasteiger partial charge in [0.1, 0.15) is 42.3 Å². The Morgan fingerprint density at radius 1 is 0.168 bits per heavy atom. The van der Waals surface area contributed by atoms with Crippen LogP contribution in [0.2, 0.25) is 0 Å². The van der Waals surface area contributed by atoms with Crippen molar-refractivity contribution in [2.45, 2.75) is 479 Å². The Kier molecular flexibility index (Phi) is 89.2. The second kappa shape index (κ2) is 94.5. The fourth-order valence-electron chi connectivity index (χ4n) is 16.5. The molecule has 0 radical (unpaired) electrons. The molecule has 35 nitrogen and oxygen atoms in total. The van der Waals surface area contributed by atoms with Crippen LogP contribution in [0.25, 0.3) is 0 Å². The van der Waals surface area contributed by atoms with Gasteiger partial charge in [-0.3, -0.25) is 67.1 Å². The second-order valence-electron chi connectivity index (χ2n) is 37.7. The van der Waals surface area contributed by atoms with Crippen LogP contribution >= 0.6 is 0 Å². The van der Waals surface area contributed by atoms with Gasteiger partial charge in [-0.1, -0.05) is 174 Å². The molecule has 35 heteroatoms. The molecule has 0 saturated carbocycles. The third-order valence-electron chi connectivity index (χ3n) is 25.0. The summed E-state index contributed by atoms with van der Waals surface area (Å²) >= 11 is 0. The van der Waals surface area contributed by atoms with Crippen molar-refractivity contribution in [3.05, 3.63) is 0 Å². The molecule has 0 fully saturated rings. The van der Waals surface area contributed by atoms with E-state index in [0.717, 1.165) is 225 Å². The number of nitrogens with one attached hydrogen (secondary N) is 13. The molecule has 7 unspecified atom stereocenters. The van der Waals surface area contributed by atoms with E-state index in [-0.39, 0.29) is 96.1 Å². The van der Waals surface area contributed by atoms with Gasteiger partial charge in [-0.05, 0) is 264 Å². The second-order valence-corrected chi connectivity index (χ2v) is 37.7. The number of hydrogen-bond acceptors (Lipinski definition) is 21. The molecule has 796 valence electrons. The normalized spacial score (nSPS) is 12.8. The van der Waals surface area contributed by atoms with Crippen LogP contribution in [-0.2, 0) is 67.1 Å². The zero-order valence-corrected chi connectivity index (χ0v) is 85.4. The highest BCUT2D eigenvalue weighted by molar-refractivity contribution is 5.91. The van der Waals surface area contributed by atoms with Crippen molar-refractivity contribution in [1.82, 2.24) is 69.1 Å². The Labute approximate surface area is 825 Å². The summed E-state index contributed by atoms with van der Waals surface area (Å²) in [6.45, 7) is 8.51. The Morgan fingerprint density at radius 3 is 0.445 bits per heavy atom. The van der Waals surface area contributed by atoms with Gasteiger partial charge in [0.25, 0.3) is 0 Å². The van der Waals surface area contributed by atoms with Gasteiger partial charge in [0.2, 0.25) is 82.7 Å². The molecule has 7 atom stereocenters. The van der Waals surface area contributed by atoms with Crippen LogP contribution in [0.3, 0.4) is 0 Å². The van der Waals surface area contributed by atoms with Gasteiger partial charge in [-0.2, -0.15) is 0 Å².